The molecule has 0 unspecified atom stereocenters. The van der Waals surface area contributed by atoms with Crippen LogP contribution in [0.1, 0.15) is 28.5 Å². The lowest BCUT2D eigenvalue weighted by atomic mass is 10.2. The van der Waals surface area contributed by atoms with E-state index in [4.69, 9.17) is 6.11 Å². The maximum Gasteiger partial charge on any atom is 0.0488 e. The van der Waals surface area contributed by atoms with Crippen LogP contribution in [0.15, 0.2) is 0 Å². The van der Waals surface area contributed by atoms with Gasteiger partial charge >= 0.3 is 0 Å². The average molecular weight is 117 g/mol. The minimum atomic E-state index is 0.484. The summed E-state index contributed by atoms with van der Waals surface area (Å²) >= 11 is 0. The largest absolute Gasteiger partial charge is 0.381 e. The second-order valence-corrected chi connectivity index (χ2v) is 2.32. The van der Waals surface area contributed by atoms with Crippen molar-refractivity contribution in [1.29, 1.82) is 0 Å². The zero-order valence-corrected chi connectivity index (χ0v) is 5.81. The third-order valence-corrected chi connectivity index (χ3v) is 0.740. The topological polar surface area (TPSA) is 9.23 Å². The highest BCUT2D eigenvalue weighted by atomic mass is 16.5. The Morgan fingerprint density at radius 3 is 2.88 bits per heavy atom. The minimum Gasteiger partial charge on any atom is -0.381 e. The highest BCUT2D eigenvalue weighted by molar-refractivity contribution is 4.38. The number of ether oxygens (including phenoxy) is 1. The van der Waals surface area contributed by atoms with Crippen LogP contribution in [0.2, 0.25) is 0 Å². The van der Waals surface area contributed by atoms with E-state index in [1.54, 1.807) is 0 Å². The first-order valence-electron chi connectivity index (χ1n) is 3.85. The molecule has 0 saturated carbocycles. The molecule has 0 rings (SSSR count). The van der Waals surface area contributed by atoms with Crippen molar-refractivity contribution in [2.75, 3.05) is 13.2 Å². The molecule has 0 N–H and O–H groups in total. The van der Waals surface area contributed by atoms with E-state index >= 15 is 0 Å². The van der Waals surface area contributed by atoms with Gasteiger partial charge in [-0.3, -0.25) is 0 Å². The fourth-order valence-corrected chi connectivity index (χ4v) is 0.421. The van der Waals surface area contributed by atoms with Gasteiger partial charge in [0, 0.05) is 14.6 Å². The van der Waals surface area contributed by atoms with Crippen LogP contribution in [-0.2, 0) is 4.74 Å². The van der Waals surface area contributed by atoms with Gasteiger partial charge in [-0.25, -0.2) is 0 Å². The molecule has 8 heavy (non-hydrogen) atoms. The summed E-state index contributed by atoms with van der Waals surface area (Å²) in [6.45, 7) is 6.32. The van der Waals surface area contributed by atoms with Crippen molar-refractivity contribution < 1.29 is 6.11 Å². The van der Waals surface area contributed by atoms with Crippen LogP contribution in [0.25, 0.3) is 0 Å². The summed E-state index contributed by atoms with van der Waals surface area (Å²) in [7, 11) is 0. The van der Waals surface area contributed by atoms with Gasteiger partial charge in [0.05, 0.1) is 0 Å². The standard InChI is InChI=1S/C7H16O/c1-4-5-8-6-7(2)3/h7H,4-6H2,1-3H3/i1D. The van der Waals surface area contributed by atoms with E-state index < -0.39 is 0 Å². The Kier molecular flexibility index (Phi) is 3.88. The molecule has 0 aromatic rings. The first kappa shape index (κ1) is 6.09. The number of hydrogen-bond acceptors (Lipinski definition) is 1. The molecule has 0 aliphatic carbocycles. The lowest BCUT2D eigenvalue weighted by molar-refractivity contribution is 0.110. The maximum absolute atomic E-state index is 6.81. The van der Waals surface area contributed by atoms with Gasteiger partial charge in [-0.05, 0) is 12.3 Å². The minimum absolute atomic E-state index is 0.484. The molecule has 0 bridgehead atoms. The molecular weight excluding hydrogens is 100 g/mol. The van der Waals surface area contributed by atoms with Crippen molar-refractivity contribution >= 4 is 0 Å². The van der Waals surface area contributed by atoms with Gasteiger partial charge in [0.25, 0.3) is 0 Å². The molecule has 0 spiro atoms. The Morgan fingerprint density at radius 2 is 2.38 bits per heavy atom. The van der Waals surface area contributed by atoms with Crippen LogP contribution < -0.4 is 0 Å². The van der Waals surface area contributed by atoms with E-state index in [2.05, 4.69) is 13.8 Å². The third-order valence-electron chi connectivity index (χ3n) is 0.740. The summed E-state index contributed by atoms with van der Waals surface area (Å²) in [6.07, 6.45) is 0.868. The second-order valence-electron chi connectivity index (χ2n) is 2.32. The van der Waals surface area contributed by atoms with E-state index in [1.807, 2.05) is 0 Å². The van der Waals surface area contributed by atoms with Crippen molar-refractivity contribution in [3.63, 3.8) is 0 Å². The first-order chi connectivity index (χ1) is 4.27. The number of hydrogen-bond donors (Lipinski definition) is 0. The maximum atomic E-state index is 6.81. The van der Waals surface area contributed by atoms with Gasteiger partial charge in [0.15, 0.2) is 0 Å². The fourth-order valence-electron chi connectivity index (χ4n) is 0.421. The summed E-state index contributed by atoms with van der Waals surface area (Å²) in [5.74, 6) is 0.621. The molecule has 0 aromatic heterocycles. The van der Waals surface area contributed by atoms with Gasteiger partial charge in [0.1, 0.15) is 0 Å². The Labute approximate surface area is 53.4 Å². The van der Waals surface area contributed by atoms with E-state index in [-0.39, 0.29) is 0 Å². The van der Waals surface area contributed by atoms with Gasteiger partial charge in [-0.1, -0.05) is 20.7 Å². The first-order valence-corrected chi connectivity index (χ1v) is 3.14. The molecule has 0 aromatic carbocycles. The zero-order valence-electron chi connectivity index (χ0n) is 6.81. The highest BCUT2D eigenvalue weighted by Gasteiger charge is 1.89. The lowest BCUT2D eigenvalue weighted by Crippen LogP contribution is -2.01. The predicted molar refractivity (Wildman–Crippen MR) is 35.9 cm³/mol. The Balaban J connectivity index is 2.75. The van der Waals surface area contributed by atoms with E-state index in [9.17, 15) is 0 Å². The molecule has 50 valence electrons. The van der Waals surface area contributed by atoms with Crippen LogP contribution in [0.5, 0.6) is 0 Å². The van der Waals surface area contributed by atoms with Crippen LogP contribution >= 0.6 is 0 Å². The summed E-state index contributed by atoms with van der Waals surface area (Å²) in [4.78, 5) is 0. The fraction of sp³-hybridized carbons (Fsp3) is 1.00. The van der Waals surface area contributed by atoms with E-state index in [0.717, 1.165) is 19.6 Å². The van der Waals surface area contributed by atoms with Crippen LogP contribution in [0.3, 0.4) is 0 Å². The molecule has 0 saturated heterocycles. The Hall–Kier alpha value is -0.0400. The molecule has 0 amide bonds. The third kappa shape index (κ3) is 5.96. The van der Waals surface area contributed by atoms with E-state index in [1.165, 1.54) is 0 Å². The smallest absolute Gasteiger partial charge is 0.0488 e. The quantitative estimate of drug-likeness (QED) is 0.512. The normalized spacial score (nSPS) is 12.1. The summed E-state index contributed by atoms with van der Waals surface area (Å²) < 4.78 is 12.0. The molecule has 1 heteroatoms. The molecule has 0 radical (unpaired) electrons. The molecule has 1 nitrogen and oxygen atoms in total. The monoisotopic (exact) mass is 117 g/mol. The summed E-state index contributed by atoms with van der Waals surface area (Å²) in [6, 6.07) is 0. The molecule has 0 aliphatic heterocycles. The highest BCUT2D eigenvalue weighted by Crippen LogP contribution is 1.92. The van der Waals surface area contributed by atoms with Crippen LogP contribution in [0, 0.1) is 5.92 Å². The summed E-state index contributed by atoms with van der Waals surface area (Å²) in [5.41, 5.74) is 0. The van der Waals surface area contributed by atoms with Gasteiger partial charge in [-0.15, -0.1) is 0 Å². The molecular formula is C7H16O. The van der Waals surface area contributed by atoms with Crippen molar-refractivity contribution in [3.05, 3.63) is 0 Å². The molecule has 0 fully saturated rings. The SMILES string of the molecule is [2H]CCCOCC(C)C. The van der Waals surface area contributed by atoms with Gasteiger partial charge < -0.3 is 4.74 Å². The molecule has 0 atom stereocenters. The zero-order chi connectivity index (χ0) is 7.11. The lowest BCUT2D eigenvalue weighted by Gasteiger charge is -2.03. The molecule has 0 heterocycles. The average Bonchev–Trinajstić information content (AvgIpc) is 1.80. The van der Waals surface area contributed by atoms with Crippen molar-refractivity contribution in [1.82, 2.24) is 0 Å². The second kappa shape index (κ2) is 5.10. The van der Waals surface area contributed by atoms with E-state index in [0.29, 0.717) is 12.8 Å². The molecule has 0 aliphatic rings. The van der Waals surface area contributed by atoms with Crippen molar-refractivity contribution in [3.8, 4) is 0 Å². The van der Waals surface area contributed by atoms with Gasteiger partial charge in [-0.2, -0.15) is 0 Å². The van der Waals surface area contributed by atoms with Crippen LogP contribution in [-0.4, -0.2) is 13.2 Å². The van der Waals surface area contributed by atoms with Crippen molar-refractivity contribution in [2.24, 2.45) is 5.92 Å². The predicted octanol–water partition coefficient (Wildman–Crippen LogP) is 2.07. The Morgan fingerprint density at radius 1 is 1.62 bits per heavy atom. The number of rotatable bonds is 4. The Bertz CT molecular complexity index is 54.9. The van der Waals surface area contributed by atoms with Crippen molar-refractivity contribution in [2.45, 2.75) is 27.2 Å². The van der Waals surface area contributed by atoms with Crippen LogP contribution in [0.4, 0.5) is 0 Å². The summed E-state index contributed by atoms with van der Waals surface area (Å²) in [5, 5.41) is 0. The van der Waals surface area contributed by atoms with Gasteiger partial charge in [0.2, 0.25) is 0 Å².